The number of rotatable bonds is 3. The minimum atomic E-state index is -4.46. The lowest BCUT2D eigenvalue weighted by Crippen LogP contribution is -2.23. The van der Waals surface area contributed by atoms with E-state index in [-0.39, 0.29) is 11.4 Å². The van der Waals surface area contributed by atoms with Crippen molar-refractivity contribution in [2.75, 3.05) is 13.7 Å². The first-order valence-corrected chi connectivity index (χ1v) is 4.30. The standard InChI is InChI=1S/C9H9F3N2O2/c1-13-7(15)6-3-2-4-14-8(6)16-5-9(10,11)12/h2-4H,5H2,1H3,(H,13,15). The maximum Gasteiger partial charge on any atom is 0.422 e. The van der Waals surface area contributed by atoms with Crippen molar-refractivity contribution in [3.8, 4) is 5.88 Å². The first-order chi connectivity index (χ1) is 7.44. The zero-order valence-corrected chi connectivity index (χ0v) is 8.34. The molecule has 1 aromatic rings. The van der Waals surface area contributed by atoms with Crippen LogP contribution in [0.4, 0.5) is 13.2 Å². The summed E-state index contributed by atoms with van der Waals surface area (Å²) in [5.41, 5.74) is -0.0331. The van der Waals surface area contributed by atoms with Crippen LogP contribution in [-0.2, 0) is 0 Å². The second kappa shape index (κ2) is 4.82. The van der Waals surface area contributed by atoms with Crippen LogP contribution in [0.1, 0.15) is 10.4 Å². The maximum atomic E-state index is 11.9. The number of aromatic nitrogens is 1. The van der Waals surface area contributed by atoms with Crippen LogP contribution in [0, 0.1) is 0 Å². The van der Waals surface area contributed by atoms with Gasteiger partial charge in [0.2, 0.25) is 5.88 Å². The molecule has 0 saturated carbocycles. The van der Waals surface area contributed by atoms with Crippen LogP contribution in [-0.4, -0.2) is 30.7 Å². The molecular weight excluding hydrogens is 225 g/mol. The summed E-state index contributed by atoms with van der Waals surface area (Å²) in [5.74, 6) is -0.885. The summed E-state index contributed by atoms with van der Waals surface area (Å²) in [6.07, 6.45) is -3.21. The Bertz CT molecular complexity index is 379. The molecule has 0 fully saturated rings. The predicted octanol–water partition coefficient (Wildman–Crippen LogP) is 1.38. The highest BCUT2D eigenvalue weighted by molar-refractivity contribution is 5.96. The van der Waals surface area contributed by atoms with Crippen LogP contribution < -0.4 is 10.1 Å². The molecule has 0 bridgehead atoms. The molecule has 4 nitrogen and oxygen atoms in total. The molecule has 1 amide bonds. The van der Waals surface area contributed by atoms with E-state index in [1.54, 1.807) is 0 Å². The molecule has 0 aliphatic carbocycles. The van der Waals surface area contributed by atoms with Crippen LogP contribution >= 0.6 is 0 Å². The van der Waals surface area contributed by atoms with Gasteiger partial charge in [-0.1, -0.05) is 0 Å². The molecule has 1 N–H and O–H groups in total. The number of carbonyl (C=O) groups excluding carboxylic acids is 1. The molecule has 7 heteroatoms. The zero-order valence-electron chi connectivity index (χ0n) is 8.34. The van der Waals surface area contributed by atoms with Crippen molar-refractivity contribution >= 4 is 5.91 Å². The van der Waals surface area contributed by atoms with Crippen LogP contribution in [0.3, 0.4) is 0 Å². The Morgan fingerprint density at radius 3 is 2.81 bits per heavy atom. The van der Waals surface area contributed by atoms with Gasteiger partial charge in [0.15, 0.2) is 6.61 Å². The SMILES string of the molecule is CNC(=O)c1cccnc1OCC(F)(F)F. The molecule has 1 rings (SSSR count). The molecule has 0 atom stereocenters. The van der Waals surface area contributed by atoms with Gasteiger partial charge >= 0.3 is 6.18 Å². The molecule has 16 heavy (non-hydrogen) atoms. The molecule has 0 saturated heterocycles. The molecule has 88 valence electrons. The number of ether oxygens (including phenoxy) is 1. The second-order valence-electron chi connectivity index (χ2n) is 2.84. The summed E-state index contributed by atoms with van der Waals surface area (Å²) < 4.78 is 40.1. The highest BCUT2D eigenvalue weighted by Gasteiger charge is 2.29. The molecule has 0 radical (unpaired) electrons. The zero-order chi connectivity index (χ0) is 12.2. The van der Waals surface area contributed by atoms with E-state index in [1.807, 2.05) is 0 Å². The molecule has 0 unspecified atom stereocenters. The van der Waals surface area contributed by atoms with Crippen LogP contribution in [0.15, 0.2) is 18.3 Å². The summed E-state index contributed by atoms with van der Waals surface area (Å²) in [4.78, 5) is 14.8. The largest absolute Gasteiger partial charge is 0.467 e. The summed E-state index contributed by atoms with van der Waals surface area (Å²) >= 11 is 0. The Morgan fingerprint density at radius 1 is 1.56 bits per heavy atom. The monoisotopic (exact) mass is 234 g/mol. The van der Waals surface area contributed by atoms with Crippen LogP contribution in [0.25, 0.3) is 0 Å². The van der Waals surface area contributed by atoms with Crippen molar-refractivity contribution < 1.29 is 22.7 Å². The van der Waals surface area contributed by atoms with E-state index in [4.69, 9.17) is 0 Å². The first kappa shape index (κ1) is 12.3. The molecule has 0 aromatic carbocycles. The summed E-state index contributed by atoms with van der Waals surface area (Å²) in [7, 11) is 1.36. The molecule has 1 heterocycles. The Kier molecular flexibility index (Phi) is 3.70. The fraction of sp³-hybridized carbons (Fsp3) is 0.333. The second-order valence-corrected chi connectivity index (χ2v) is 2.84. The van der Waals surface area contributed by atoms with Gasteiger partial charge in [0.1, 0.15) is 5.56 Å². The quantitative estimate of drug-likeness (QED) is 0.859. The predicted molar refractivity (Wildman–Crippen MR) is 49.2 cm³/mol. The Labute approximate surface area is 89.4 Å². The molecule has 0 aliphatic heterocycles. The number of hydrogen-bond acceptors (Lipinski definition) is 3. The van der Waals surface area contributed by atoms with Gasteiger partial charge in [-0.25, -0.2) is 4.98 Å². The average Bonchev–Trinajstić information content (AvgIpc) is 2.25. The minimum Gasteiger partial charge on any atom is -0.467 e. The first-order valence-electron chi connectivity index (χ1n) is 4.30. The fourth-order valence-corrected chi connectivity index (χ4v) is 0.964. The average molecular weight is 234 g/mol. The van der Waals surface area contributed by atoms with E-state index in [0.29, 0.717) is 0 Å². The van der Waals surface area contributed by atoms with Crippen molar-refractivity contribution in [1.82, 2.24) is 10.3 Å². The van der Waals surface area contributed by atoms with Crippen molar-refractivity contribution in [2.24, 2.45) is 0 Å². The normalized spacial score (nSPS) is 11.0. The van der Waals surface area contributed by atoms with E-state index in [2.05, 4.69) is 15.0 Å². The van der Waals surface area contributed by atoms with Crippen molar-refractivity contribution in [3.63, 3.8) is 0 Å². The summed E-state index contributed by atoms with van der Waals surface area (Å²) in [6, 6.07) is 2.77. The molecule has 1 aromatic heterocycles. The third-order valence-corrected chi connectivity index (χ3v) is 1.62. The lowest BCUT2D eigenvalue weighted by Gasteiger charge is -2.10. The Morgan fingerprint density at radius 2 is 2.25 bits per heavy atom. The summed E-state index contributed by atoms with van der Waals surface area (Å²) in [5, 5.41) is 2.28. The van der Waals surface area contributed by atoms with Crippen molar-refractivity contribution in [1.29, 1.82) is 0 Å². The Balaban J connectivity index is 2.83. The highest BCUT2D eigenvalue weighted by Crippen LogP contribution is 2.19. The van der Waals surface area contributed by atoms with Crippen molar-refractivity contribution in [2.45, 2.75) is 6.18 Å². The van der Waals surface area contributed by atoms with E-state index >= 15 is 0 Å². The van der Waals surface area contributed by atoms with Gasteiger partial charge in [0, 0.05) is 13.2 Å². The van der Waals surface area contributed by atoms with Gasteiger partial charge in [-0.3, -0.25) is 4.79 Å². The number of pyridine rings is 1. The van der Waals surface area contributed by atoms with E-state index in [9.17, 15) is 18.0 Å². The van der Waals surface area contributed by atoms with Gasteiger partial charge in [-0.05, 0) is 12.1 Å². The lowest BCUT2D eigenvalue weighted by atomic mass is 10.2. The number of halogens is 3. The number of amides is 1. The summed E-state index contributed by atoms with van der Waals surface area (Å²) in [6.45, 7) is -1.48. The number of alkyl halides is 3. The molecule has 0 aliphatic rings. The molecular formula is C9H9F3N2O2. The topological polar surface area (TPSA) is 51.2 Å². The van der Waals surface area contributed by atoms with Crippen LogP contribution in [0.5, 0.6) is 5.88 Å². The van der Waals surface area contributed by atoms with Crippen molar-refractivity contribution in [3.05, 3.63) is 23.9 Å². The lowest BCUT2D eigenvalue weighted by molar-refractivity contribution is -0.154. The van der Waals surface area contributed by atoms with Crippen LogP contribution in [0.2, 0.25) is 0 Å². The van der Waals surface area contributed by atoms with E-state index in [1.165, 1.54) is 25.4 Å². The fourth-order valence-electron chi connectivity index (χ4n) is 0.964. The number of nitrogens with zero attached hydrogens (tertiary/aromatic N) is 1. The third kappa shape index (κ3) is 3.41. The molecule has 0 spiro atoms. The van der Waals surface area contributed by atoms with Gasteiger partial charge in [-0.15, -0.1) is 0 Å². The van der Waals surface area contributed by atoms with Gasteiger partial charge in [-0.2, -0.15) is 13.2 Å². The van der Waals surface area contributed by atoms with E-state index < -0.39 is 18.7 Å². The van der Waals surface area contributed by atoms with Gasteiger partial charge in [0.05, 0.1) is 0 Å². The third-order valence-electron chi connectivity index (χ3n) is 1.62. The number of nitrogens with one attached hydrogen (secondary N) is 1. The van der Waals surface area contributed by atoms with Gasteiger partial charge < -0.3 is 10.1 Å². The smallest absolute Gasteiger partial charge is 0.422 e. The highest BCUT2D eigenvalue weighted by atomic mass is 19.4. The van der Waals surface area contributed by atoms with Gasteiger partial charge in [0.25, 0.3) is 5.91 Å². The minimum absolute atomic E-state index is 0.0331. The Hall–Kier alpha value is -1.79. The maximum absolute atomic E-state index is 11.9. The van der Waals surface area contributed by atoms with E-state index in [0.717, 1.165) is 0 Å². The number of hydrogen-bond donors (Lipinski definition) is 1. The number of carbonyl (C=O) groups is 1.